The van der Waals surface area contributed by atoms with Gasteiger partial charge in [0.05, 0.1) is 19.1 Å². The zero-order chi connectivity index (χ0) is 14.9. The second kappa shape index (κ2) is 8.11. The SMILES string of the molecule is CCOCc1cccc(CNC(=O)NCc2ccoc2)c1. The summed E-state index contributed by atoms with van der Waals surface area (Å²) >= 11 is 0. The molecule has 2 amide bonds. The highest BCUT2D eigenvalue weighted by atomic mass is 16.5. The van der Waals surface area contributed by atoms with Gasteiger partial charge >= 0.3 is 6.03 Å². The van der Waals surface area contributed by atoms with Gasteiger partial charge in [0.2, 0.25) is 0 Å². The molecule has 112 valence electrons. The van der Waals surface area contributed by atoms with Gasteiger partial charge in [-0.05, 0) is 24.1 Å². The van der Waals surface area contributed by atoms with Crippen molar-refractivity contribution in [1.29, 1.82) is 0 Å². The van der Waals surface area contributed by atoms with Crippen molar-refractivity contribution < 1.29 is 13.9 Å². The first-order valence-corrected chi connectivity index (χ1v) is 6.96. The van der Waals surface area contributed by atoms with E-state index in [1.54, 1.807) is 12.5 Å². The Morgan fingerprint density at radius 1 is 1.14 bits per heavy atom. The number of rotatable bonds is 7. The summed E-state index contributed by atoms with van der Waals surface area (Å²) in [4.78, 5) is 11.7. The smallest absolute Gasteiger partial charge is 0.315 e. The van der Waals surface area contributed by atoms with Crippen LogP contribution in [0.3, 0.4) is 0 Å². The average molecular weight is 288 g/mol. The number of hydrogen-bond donors (Lipinski definition) is 2. The maximum Gasteiger partial charge on any atom is 0.315 e. The van der Waals surface area contributed by atoms with E-state index in [4.69, 9.17) is 9.15 Å². The van der Waals surface area contributed by atoms with Crippen molar-refractivity contribution in [2.24, 2.45) is 0 Å². The van der Waals surface area contributed by atoms with Gasteiger partial charge in [0.25, 0.3) is 0 Å². The molecule has 0 radical (unpaired) electrons. The van der Waals surface area contributed by atoms with Crippen molar-refractivity contribution in [3.63, 3.8) is 0 Å². The molecule has 2 aromatic rings. The van der Waals surface area contributed by atoms with Crippen molar-refractivity contribution in [3.8, 4) is 0 Å². The van der Waals surface area contributed by atoms with Crippen LogP contribution in [-0.2, 0) is 24.4 Å². The molecule has 0 unspecified atom stereocenters. The number of hydrogen-bond acceptors (Lipinski definition) is 3. The van der Waals surface area contributed by atoms with Crippen LogP contribution in [0.1, 0.15) is 23.6 Å². The van der Waals surface area contributed by atoms with Gasteiger partial charge < -0.3 is 19.8 Å². The van der Waals surface area contributed by atoms with Crippen molar-refractivity contribution in [2.45, 2.75) is 26.6 Å². The van der Waals surface area contributed by atoms with Crippen molar-refractivity contribution >= 4 is 6.03 Å². The predicted octanol–water partition coefficient (Wildman–Crippen LogP) is 2.82. The Morgan fingerprint density at radius 2 is 1.90 bits per heavy atom. The molecule has 21 heavy (non-hydrogen) atoms. The fraction of sp³-hybridized carbons (Fsp3) is 0.312. The van der Waals surface area contributed by atoms with Gasteiger partial charge in [-0.2, -0.15) is 0 Å². The molecule has 0 aliphatic heterocycles. The van der Waals surface area contributed by atoms with Gasteiger partial charge in [-0.1, -0.05) is 24.3 Å². The van der Waals surface area contributed by atoms with Gasteiger partial charge in [-0.25, -0.2) is 4.79 Å². The van der Waals surface area contributed by atoms with E-state index in [-0.39, 0.29) is 6.03 Å². The van der Waals surface area contributed by atoms with Gasteiger partial charge in [0.1, 0.15) is 0 Å². The van der Waals surface area contributed by atoms with Crippen LogP contribution in [0, 0.1) is 0 Å². The van der Waals surface area contributed by atoms with Crippen molar-refractivity contribution in [2.75, 3.05) is 6.61 Å². The number of benzene rings is 1. The Labute approximate surface area is 124 Å². The maximum absolute atomic E-state index is 11.7. The fourth-order valence-electron chi connectivity index (χ4n) is 1.87. The van der Waals surface area contributed by atoms with Crippen LogP contribution in [-0.4, -0.2) is 12.6 Å². The average Bonchev–Trinajstić information content (AvgIpc) is 3.03. The van der Waals surface area contributed by atoms with E-state index in [2.05, 4.69) is 10.6 Å². The third-order valence-electron chi connectivity index (χ3n) is 2.95. The van der Waals surface area contributed by atoms with E-state index in [1.165, 1.54) is 0 Å². The summed E-state index contributed by atoms with van der Waals surface area (Å²) in [6.07, 6.45) is 3.19. The number of carbonyl (C=O) groups is 1. The largest absolute Gasteiger partial charge is 0.472 e. The minimum atomic E-state index is -0.202. The number of urea groups is 1. The molecule has 1 heterocycles. The minimum Gasteiger partial charge on any atom is -0.472 e. The van der Waals surface area contributed by atoms with Crippen LogP contribution in [0.5, 0.6) is 0 Å². The van der Waals surface area contributed by atoms with E-state index in [1.807, 2.05) is 37.3 Å². The molecule has 0 saturated heterocycles. The summed E-state index contributed by atoms with van der Waals surface area (Å²) in [7, 11) is 0. The Kier molecular flexibility index (Phi) is 5.84. The molecule has 2 N–H and O–H groups in total. The standard InChI is InChI=1S/C16H20N2O3/c1-2-20-11-14-5-3-4-13(8-14)9-17-16(19)18-10-15-6-7-21-12-15/h3-8,12H,2,9-11H2,1H3,(H2,17,18,19). The third kappa shape index (κ3) is 5.31. The third-order valence-corrected chi connectivity index (χ3v) is 2.95. The van der Waals surface area contributed by atoms with Crippen molar-refractivity contribution in [1.82, 2.24) is 10.6 Å². The van der Waals surface area contributed by atoms with Gasteiger partial charge in [0, 0.05) is 25.3 Å². The lowest BCUT2D eigenvalue weighted by atomic mass is 10.1. The van der Waals surface area contributed by atoms with E-state index in [0.717, 1.165) is 16.7 Å². The molecular weight excluding hydrogens is 268 g/mol. The molecule has 5 heteroatoms. The number of ether oxygens (including phenoxy) is 1. The summed E-state index contributed by atoms with van der Waals surface area (Å²) in [6.45, 7) is 4.19. The van der Waals surface area contributed by atoms with E-state index in [0.29, 0.717) is 26.3 Å². The van der Waals surface area contributed by atoms with Gasteiger partial charge in [-0.15, -0.1) is 0 Å². The lowest BCUT2D eigenvalue weighted by molar-refractivity contribution is 0.134. The summed E-state index contributed by atoms with van der Waals surface area (Å²) in [5.74, 6) is 0. The number of furan rings is 1. The van der Waals surface area contributed by atoms with Crippen LogP contribution in [0.4, 0.5) is 4.79 Å². The molecule has 2 rings (SSSR count). The lowest BCUT2D eigenvalue weighted by Gasteiger charge is -2.08. The summed E-state index contributed by atoms with van der Waals surface area (Å²) in [6, 6.07) is 9.61. The topological polar surface area (TPSA) is 63.5 Å². The Balaban J connectivity index is 1.75. The van der Waals surface area contributed by atoms with Crippen LogP contribution in [0.15, 0.2) is 47.3 Å². The van der Waals surface area contributed by atoms with Crippen LogP contribution < -0.4 is 10.6 Å². The zero-order valence-electron chi connectivity index (χ0n) is 12.1. The first-order valence-electron chi connectivity index (χ1n) is 6.96. The molecular formula is C16H20N2O3. The molecule has 5 nitrogen and oxygen atoms in total. The highest BCUT2D eigenvalue weighted by Gasteiger charge is 2.02. The minimum absolute atomic E-state index is 0.202. The molecule has 1 aromatic heterocycles. The first kappa shape index (κ1) is 15.1. The fourth-order valence-corrected chi connectivity index (χ4v) is 1.87. The molecule has 0 saturated carbocycles. The Hall–Kier alpha value is -2.27. The van der Waals surface area contributed by atoms with Crippen LogP contribution in [0.2, 0.25) is 0 Å². The normalized spacial score (nSPS) is 10.3. The molecule has 0 spiro atoms. The first-order chi connectivity index (χ1) is 10.3. The lowest BCUT2D eigenvalue weighted by Crippen LogP contribution is -2.34. The maximum atomic E-state index is 11.7. The second-order valence-electron chi connectivity index (χ2n) is 4.62. The quantitative estimate of drug-likeness (QED) is 0.823. The summed E-state index contributed by atoms with van der Waals surface area (Å²) in [5.41, 5.74) is 3.09. The molecule has 1 aromatic carbocycles. The molecule has 0 aliphatic rings. The molecule has 0 atom stereocenters. The Bertz CT molecular complexity index is 552. The predicted molar refractivity (Wildman–Crippen MR) is 79.6 cm³/mol. The van der Waals surface area contributed by atoms with Gasteiger partial charge in [0.15, 0.2) is 0 Å². The highest BCUT2D eigenvalue weighted by molar-refractivity contribution is 5.73. The van der Waals surface area contributed by atoms with Crippen molar-refractivity contribution in [3.05, 3.63) is 59.5 Å². The number of nitrogens with one attached hydrogen (secondary N) is 2. The van der Waals surface area contributed by atoms with Crippen LogP contribution >= 0.6 is 0 Å². The number of amides is 2. The highest BCUT2D eigenvalue weighted by Crippen LogP contribution is 2.06. The monoisotopic (exact) mass is 288 g/mol. The summed E-state index contributed by atoms with van der Waals surface area (Å²) < 4.78 is 10.3. The van der Waals surface area contributed by atoms with E-state index in [9.17, 15) is 4.79 Å². The summed E-state index contributed by atoms with van der Waals surface area (Å²) in [5, 5.41) is 5.59. The van der Waals surface area contributed by atoms with E-state index < -0.39 is 0 Å². The van der Waals surface area contributed by atoms with E-state index >= 15 is 0 Å². The zero-order valence-corrected chi connectivity index (χ0v) is 12.1. The second-order valence-corrected chi connectivity index (χ2v) is 4.62. The molecule has 0 aliphatic carbocycles. The van der Waals surface area contributed by atoms with Crippen LogP contribution in [0.25, 0.3) is 0 Å². The number of carbonyl (C=O) groups excluding carboxylic acids is 1. The Morgan fingerprint density at radius 3 is 2.62 bits per heavy atom. The molecule has 0 fully saturated rings. The van der Waals surface area contributed by atoms with Gasteiger partial charge in [-0.3, -0.25) is 0 Å². The molecule has 0 bridgehead atoms.